The average Bonchev–Trinajstić information content (AvgIpc) is 2.90. The number of allylic oxidation sites excluding steroid dienone is 6. The SMILES string of the molecule is C=CC=C.[CH3][Ti]([CH3])([NH]C=O)[CH]1C2C=CC=CC2C2CCCCC21.[SiH4]. The predicted octanol–water partition coefficient (Wildman–Crippen LogP) is 3.77. The summed E-state index contributed by atoms with van der Waals surface area (Å²) in [4.78, 5) is 11.0. The van der Waals surface area contributed by atoms with Crippen molar-refractivity contribution >= 4 is 17.4 Å². The Morgan fingerprint density at radius 2 is 1.54 bits per heavy atom. The first kappa shape index (κ1) is 21.4. The number of amides is 1. The summed E-state index contributed by atoms with van der Waals surface area (Å²) in [6.45, 7) is 6.72. The van der Waals surface area contributed by atoms with Crippen LogP contribution in [0.1, 0.15) is 25.7 Å². The van der Waals surface area contributed by atoms with Crippen molar-refractivity contribution in [3.05, 3.63) is 49.6 Å². The molecule has 0 aromatic rings. The molecule has 4 heteroatoms. The smallest absolute Gasteiger partial charge is 0.0149 e. The molecule has 3 aliphatic rings. The number of fused-ring (bicyclic) bond motifs is 3. The number of rotatable bonds is 4. The fourth-order valence-corrected chi connectivity index (χ4v) is 10.2. The number of hydrogen-bond acceptors (Lipinski definition) is 1. The predicted molar refractivity (Wildman–Crippen MR) is 107 cm³/mol. The van der Waals surface area contributed by atoms with E-state index >= 15 is 0 Å². The summed E-state index contributed by atoms with van der Waals surface area (Å²) in [7, 11) is 0. The van der Waals surface area contributed by atoms with Crippen molar-refractivity contribution in [3.8, 4) is 0 Å². The maximum absolute atomic E-state index is 11.0. The third kappa shape index (κ3) is 4.50. The molecule has 0 aromatic heterocycles. The molecular formula is C20H35NOSiTi. The molecule has 2 saturated carbocycles. The van der Waals surface area contributed by atoms with Crippen LogP contribution in [0.25, 0.3) is 0 Å². The third-order valence-corrected chi connectivity index (χ3v) is 11.1. The maximum atomic E-state index is 11.0. The zero-order chi connectivity index (χ0) is 16.9. The van der Waals surface area contributed by atoms with Crippen LogP contribution >= 0.6 is 0 Å². The van der Waals surface area contributed by atoms with Gasteiger partial charge in [-0.25, -0.2) is 0 Å². The van der Waals surface area contributed by atoms with Crippen molar-refractivity contribution in [1.29, 1.82) is 0 Å². The molecule has 2 nitrogen and oxygen atoms in total. The monoisotopic (exact) mass is 381 g/mol. The van der Waals surface area contributed by atoms with E-state index in [-0.39, 0.29) is 11.0 Å². The van der Waals surface area contributed by atoms with E-state index in [1.54, 1.807) is 12.2 Å². The van der Waals surface area contributed by atoms with Gasteiger partial charge in [-0.2, -0.15) is 0 Å². The second-order valence-corrected chi connectivity index (χ2v) is 14.4. The molecule has 134 valence electrons. The van der Waals surface area contributed by atoms with Crippen molar-refractivity contribution in [3.63, 3.8) is 0 Å². The number of hydrogen-bond donors (Lipinski definition) is 1. The van der Waals surface area contributed by atoms with E-state index < -0.39 is 16.8 Å². The van der Waals surface area contributed by atoms with Gasteiger partial charge in [0.1, 0.15) is 0 Å². The Hall–Kier alpha value is -0.639. The van der Waals surface area contributed by atoms with Gasteiger partial charge in [0.2, 0.25) is 0 Å². The summed E-state index contributed by atoms with van der Waals surface area (Å²) >= 11 is -2.25. The molecule has 0 radical (unpaired) electrons. The zero-order valence-electron chi connectivity index (χ0n) is 14.6. The van der Waals surface area contributed by atoms with Gasteiger partial charge in [0.05, 0.1) is 0 Å². The number of nitrogens with one attached hydrogen (secondary N) is 1. The van der Waals surface area contributed by atoms with Crippen LogP contribution in [0, 0.1) is 23.7 Å². The zero-order valence-corrected chi connectivity index (χ0v) is 16.1. The minimum absolute atomic E-state index is 0. The summed E-state index contributed by atoms with van der Waals surface area (Å²) in [5.74, 6) is 3.18. The molecule has 0 spiro atoms. The van der Waals surface area contributed by atoms with Crippen LogP contribution in [-0.2, 0) is 21.6 Å². The van der Waals surface area contributed by atoms with Crippen LogP contribution in [0.2, 0.25) is 14.7 Å². The van der Waals surface area contributed by atoms with Crippen LogP contribution in [0.4, 0.5) is 0 Å². The second-order valence-electron chi connectivity index (χ2n) is 7.52. The molecule has 3 aliphatic carbocycles. The van der Waals surface area contributed by atoms with Gasteiger partial charge in [-0.3, -0.25) is 0 Å². The summed E-state index contributed by atoms with van der Waals surface area (Å²) in [5.41, 5.74) is 0. The molecule has 1 N–H and O–H groups in total. The molecule has 0 aromatic carbocycles. The molecule has 2 fully saturated rings. The molecule has 0 saturated heterocycles. The minimum Gasteiger partial charge on any atom is -0.0149 e. The van der Waals surface area contributed by atoms with Gasteiger partial charge in [0, 0.05) is 0 Å². The average molecular weight is 381 g/mol. The standard InChI is InChI=1S/C13H17.C4H6.CH3NO.2CH3.H4Si.Ti/c1-3-7-12-10(5-1)9-11-6-2-4-8-13(11)12;1-3-4-2;2-1-3;;;;/h1,3,5,7,9-13H,2,4,6,8H2;3-4H,1-2H2;1H,(H2,2,3);2*1H3;1H4;/q;;;;;;+1/p-1. The van der Waals surface area contributed by atoms with Crippen molar-refractivity contribution < 1.29 is 21.6 Å². The van der Waals surface area contributed by atoms with Gasteiger partial charge in [0.25, 0.3) is 0 Å². The van der Waals surface area contributed by atoms with Gasteiger partial charge in [-0.1, -0.05) is 25.3 Å². The second kappa shape index (κ2) is 9.74. The largest absolute Gasteiger partial charge is 0.0149 e. The van der Waals surface area contributed by atoms with E-state index in [1.165, 1.54) is 25.7 Å². The van der Waals surface area contributed by atoms with Gasteiger partial charge in [-0.05, 0) is 11.0 Å². The van der Waals surface area contributed by atoms with Gasteiger partial charge >= 0.3 is 120 Å². The van der Waals surface area contributed by atoms with Crippen molar-refractivity contribution in [1.82, 2.24) is 3.80 Å². The topological polar surface area (TPSA) is 29.1 Å². The Morgan fingerprint density at radius 1 is 1.00 bits per heavy atom. The third-order valence-electron chi connectivity index (χ3n) is 5.90. The van der Waals surface area contributed by atoms with Crippen LogP contribution in [0.3, 0.4) is 0 Å². The van der Waals surface area contributed by atoms with Gasteiger partial charge in [-0.15, -0.1) is 0 Å². The minimum atomic E-state index is -2.25. The molecule has 5 atom stereocenters. The van der Waals surface area contributed by atoms with E-state index in [2.05, 4.69) is 51.7 Å². The maximum Gasteiger partial charge on any atom is -0.0149 e. The van der Waals surface area contributed by atoms with E-state index in [0.717, 1.165) is 28.4 Å². The fraction of sp³-hybridized carbons (Fsp3) is 0.550. The molecular weight excluding hydrogens is 346 g/mol. The fourth-order valence-electron chi connectivity index (χ4n) is 5.09. The Balaban J connectivity index is 0.000000522. The van der Waals surface area contributed by atoms with Crippen molar-refractivity contribution in [2.45, 2.75) is 40.4 Å². The molecule has 24 heavy (non-hydrogen) atoms. The number of carbonyl (C=O) groups is 1. The Kier molecular flexibility index (Phi) is 8.69. The Bertz CT molecular complexity index is 494. The van der Waals surface area contributed by atoms with Gasteiger partial charge < -0.3 is 0 Å². The first-order chi connectivity index (χ1) is 11.1. The Labute approximate surface area is 156 Å². The summed E-state index contributed by atoms with van der Waals surface area (Å²) in [5, 5.41) is 4.78. The van der Waals surface area contributed by atoms with E-state index in [1.807, 2.05) is 0 Å². The first-order valence-electron chi connectivity index (χ1n) is 8.86. The normalized spacial score (nSPS) is 33.0. The van der Waals surface area contributed by atoms with Crippen LogP contribution in [0.5, 0.6) is 0 Å². The molecule has 3 rings (SSSR count). The molecule has 1 amide bonds. The van der Waals surface area contributed by atoms with Crippen LogP contribution in [0.15, 0.2) is 49.6 Å². The van der Waals surface area contributed by atoms with Gasteiger partial charge in [0.15, 0.2) is 0 Å². The Morgan fingerprint density at radius 3 is 2.08 bits per heavy atom. The van der Waals surface area contributed by atoms with Crippen molar-refractivity contribution in [2.75, 3.05) is 0 Å². The van der Waals surface area contributed by atoms with E-state index in [0.29, 0.717) is 5.92 Å². The van der Waals surface area contributed by atoms with Crippen molar-refractivity contribution in [2.24, 2.45) is 23.7 Å². The molecule has 0 bridgehead atoms. The van der Waals surface area contributed by atoms with Crippen LogP contribution in [-0.4, -0.2) is 17.4 Å². The molecule has 5 unspecified atom stereocenters. The van der Waals surface area contributed by atoms with Crippen LogP contribution < -0.4 is 3.80 Å². The van der Waals surface area contributed by atoms with E-state index in [4.69, 9.17) is 0 Å². The summed E-state index contributed by atoms with van der Waals surface area (Å²) < 4.78 is 4.04. The quantitative estimate of drug-likeness (QED) is 0.448. The van der Waals surface area contributed by atoms with E-state index in [9.17, 15) is 4.79 Å². The molecule has 0 aliphatic heterocycles. The summed E-state index contributed by atoms with van der Waals surface area (Å²) in [6.07, 6.45) is 19.2. The first-order valence-corrected chi connectivity index (χ1v) is 13.7. The summed E-state index contributed by atoms with van der Waals surface area (Å²) in [6, 6.07) is 0. The number of carbonyl (C=O) groups excluding carboxylic acids is 1. The molecule has 0 heterocycles.